The summed E-state index contributed by atoms with van der Waals surface area (Å²) in [7, 11) is 0. The summed E-state index contributed by atoms with van der Waals surface area (Å²) in [6, 6.07) is 6.42. The molecule has 0 unspecified atom stereocenters. The van der Waals surface area contributed by atoms with Crippen LogP contribution in [0.4, 0.5) is 10.3 Å². The molecule has 2 heterocycles. The predicted molar refractivity (Wildman–Crippen MR) is 63.3 cm³/mol. The Morgan fingerprint density at radius 2 is 2.11 bits per heavy atom. The van der Waals surface area contributed by atoms with Gasteiger partial charge in [-0.2, -0.15) is 9.97 Å². The second-order valence-electron chi connectivity index (χ2n) is 3.83. The Bertz CT molecular complexity index is 707. The lowest BCUT2D eigenvalue weighted by Crippen LogP contribution is -1.94. The number of H-pyrrole nitrogens is 1. The lowest BCUT2D eigenvalue weighted by atomic mass is 10.1. The van der Waals surface area contributed by atoms with Crippen LogP contribution in [0.5, 0.6) is 0 Å². The van der Waals surface area contributed by atoms with Crippen molar-refractivity contribution in [2.24, 2.45) is 0 Å². The van der Waals surface area contributed by atoms with Gasteiger partial charge >= 0.3 is 0 Å². The van der Waals surface area contributed by atoms with Crippen LogP contribution in [0.2, 0.25) is 0 Å². The number of aromatic amines is 1. The topological polar surface area (TPSA) is 107 Å². The van der Waals surface area contributed by atoms with Crippen LogP contribution < -0.4 is 5.73 Å². The van der Waals surface area contributed by atoms with E-state index in [0.29, 0.717) is 11.4 Å². The van der Waals surface area contributed by atoms with Crippen molar-refractivity contribution < 1.29 is 8.91 Å². The Morgan fingerprint density at radius 3 is 2.84 bits per heavy atom. The van der Waals surface area contributed by atoms with E-state index in [1.54, 1.807) is 18.2 Å². The summed E-state index contributed by atoms with van der Waals surface area (Å²) in [4.78, 5) is 7.96. The second-order valence-corrected chi connectivity index (χ2v) is 3.83. The number of anilines is 1. The van der Waals surface area contributed by atoms with Gasteiger partial charge in [0, 0.05) is 6.42 Å². The van der Waals surface area contributed by atoms with Crippen LogP contribution in [0.15, 0.2) is 28.8 Å². The molecule has 8 heteroatoms. The van der Waals surface area contributed by atoms with Crippen LogP contribution in [0.3, 0.4) is 0 Å². The Hall–Kier alpha value is -2.77. The number of nitrogens with two attached hydrogens (primary N) is 1. The number of rotatable bonds is 3. The summed E-state index contributed by atoms with van der Waals surface area (Å²) in [6.45, 7) is 0. The number of nitrogens with one attached hydrogen (secondary N) is 1. The molecule has 0 aliphatic rings. The molecule has 0 saturated carbocycles. The van der Waals surface area contributed by atoms with Gasteiger partial charge in [0.1, 0.15) is 5.82 Å². The average molecular weight is 260 g/mol. The summed E-state index contributed by atoms with van der Waals surface area (Å²) in [5.41, 5.74) is 5.87. The number of nitrogens with zero attached hydrogens (tertiary/aromatic N) is 4. The van der Waals surface area contributed by atoms with Crippen molar-refractivity contribution >= 4 is 5.95 Å². The minimum absolute atomic E-state index is 0.0869. The molecular formula is C11H9FN6O. The van der Waals surface area contributed by atoms with E-state index in [0.717, 1.165) is 0 Å². The average Bonchev–Trinajstić information content (AvgIpc) is 3.01. The highest BCUT2D eigenvalue weighted by atomic mass is 19.1. The van der Waals surface area contributed by atoms with Crippen LogP contribution >= 0.6 is 0 Å². The van der Waals surface area contributed by atoms with Crippen molar-refractivity contribution in [1.29, 1.82) is 0 Å². The molecule has 0 bridgehead atoms. The SMILES string of the molecule is Nc1n[nH]c(-c2nc(Cc3ccccc3F)no2)n1. The maximum Gasteiger partial charge on any atom is 0.295 e. The molecule has 3 aromatic rings. The van der Waals surface area contributed by atoms with Crippen LogP contribution in [0, 0.1) is 5.82 Å². The van der Waals surface area contributed by atoms with E-state index >= 15 is 0 Å². The Balaban J connectivity index is 1.84. The van der Waals surface area contributed by atoms with E-state index in [1.165, 1.54) is 6.07 Å². The van der Waals surface area contributed by atoms with E-state index in [9.17, 15) is 4.39 Å². The molecular weight excluding hydrogens is 251 g/mol. The van der Waals surface area contributed by atoms with Crippen LogP contribution in [-0.2, 0) is 6.42 Å². The van der Waals surface area contributed by atoms with Gasteiger partial charge in [-0.25, -0.2) is 4.39 Å². The van der Waals surface area contributed by atoms with Crippen LogP contribution in [0.25, 0.3) is 11.7 Å². The first kappa shape index (κ1) is 11.3. The van der Waals surface area contributed by atoms with Gasteiger partial charge in [-0.15, -0.1) is 5.10 Å². The first-order chi connectivity index (χ1) is 9.22. The molecule has 7 nitrogen and oxygen atoms in total. The highest BCUT2D eigenvalue weighted by Gasteiger charge is 2.14. The molecule has 0 atom stereocenters. The third-order valence-corrected chi connectivity index (χ3v) is 2.48. The van der Waals surface area contributed by atoms with Crippen molar-refractivity contribution in [3.63, 3.8) is 0 Å². The molecule has 0 radical (unpaired) electrons. The van der Waals surface area contributed by atoms with Crippen molar-refractivity contribution in [2.45, 2.75) is 6.42 Å². The number of nitrogen functional groups attached to an aromatic ring is 1. The van der Waals surface area contributed by atoms with E-state index in [1.807, 2.05) is 0 Å². The zero-order valence-electron chi connectivity index (χ0n) is 9.67. The van der Waals surface area contributed by atoms with Crippen molar-refractivity contribution in [2.75, 3.05) is 5.73 Å². The third kappa shape index (κ3) is 2.28. The van der Waals surface area contributed by atoms with E-state index in [2.05, 4.69) is 25.3 Å². The van der Waals surface area contributed by atoms with Crippen LogP contribution in [-0.4, -0.2) is 25.3 Å². The molecule has 96 valence electrons. The molecule has 0 aliphatic heterocycles. The number of benzene rings is 1. The second kappa shape index (κ2) is 4.48. The van der Waals surface area contributed by atoms with Crippen molar-refractivity contribution in [3.8, 4) is 11.7 Å². The standard InChI is InChI=1S/C11H9FN6O/c12-7-4-2-1-3-6(7)5-8-14-10(19-18-8)9-15-11(13)17-16-9/h1-4H,5H2,(H3,13,15,16,17). The summed E-state index contributed by atoms with van der Waals surface area (Å²) >= 11 is 0. The van der Waals surface area contributed by atoms with Gasteiger partial charge < -0.3 is 10.3 Å². The smallest absolute Gasteiger partial charge is 0.295 e. The van der Waals surface area contributed by atoms with Gasteiger partial charge in [0.15, 0.2) is 5.82 Å². The van der Waals surface area contributed by atoms with Crippen molar-refractivity contribution in [3.05, 3.63) is 41.5 Å². The number of aromatic nitrogens is 5. The first-order valence-corrected chi connectivity index (χ1v) is 5.46. The maximum absolute atomic E-state index is 13.5. The third-order valence-electron chi connectivity index (χ3n) is 2.48. The molecule has 2 aromatic heterocycles. The zero-order valence-corrected chi connectivity index (χ0v) is 9.67. The van der Waals surface area contributed by atoms with Gasteiger partial charge in [0.2, 0.25) is 11.8 Å². The molecule has 0 aliphatic carbocycles. The highest BCUT2D eigenvalue weighted by molar-refractivity contribution is 5.41. The van der Waals surface area contributed by atoms with Crippen molar-refractivity contribution in [1.82, 2.24) is 25.3 Å². The highest BCUT2D eigenvalue weighted by Crippen LogP contribution is 2.15. The molecule has 0 fully saturated rings. The van der Waals surface area contributed by atoms with Gasteiger partial charge in [-0.05, 0) is 11.6 Å². The predicted octanol–water partition coefficient (Wildman–Crippen LogP) is 1.17. The fourth-order valence-electron chi connectivity index (χ4n) is 1.60. The molecule has 3 N–H and O–H groups in total. The first-order valence-electron chi connectivity index (χ1n) is 5.46. The summed E-state index contributed by atoms with van der Waals surface area (Å²) < 4.78 is 18.5. The zero-order chi connectivity index (χ0) is 13.2. The summed E-state index contributed by atoms with van der Waals surface area (Å²) in [6.07, 6.45) is 0.236. The van der Waals surface area contributed by atoms with E-state index in [4.69, 9.17) is 10.3 Å². The fourth-order valence-corrected chi connectivity index (χ4v) is 1.60. The van der Waals surface area contributed by atoms with Crippen LogP contribution in [0.1, 0.15) is 11.4 Å². The minimum atomic E-state index is -0.308. The van der Waals surface area contributed by atoms with Gasteiger partial charge in [-0.3, -0.25) is 5.10 Å². The normalized spacial score (nSPS) is 10.8. The lowest BCUT2D eigenvalue weighted by molar-refractivity contribution is 0.421. The van der Waals surface area contributed by atoms with Gasteiger partial charge in [0.05, 0.1) is 0 Å². The molecule has 0 amide bonds. The minimum Gasteiger partial charge on any atom is -0.366 e. The summed E-state index contributed by atoms with van der Waals surface area (Å²) in [5, 5.41) is 9.96. The monoisotopic (exact) mass is 260 g/mol. The van der Waals surface area contributed by atoms with Gasteiger partial charge in [-0.1, -0.05) is 23.4 Å². The Morgan fingerprint density at radius 1 is 1.26 bits per heavy atom. The fraction of sp³-hybridized carbons (Fsp3) is 0.0909. The molecule has 3 rings (SSSR count). The van der Waals surface area contributed by atoms with Gasteiger partial charge in [0.25, 0.3) is 5.89 Å². The van der Waals surface area contributed by atoms with E-state index in [-0.39, 0.29) is 29.9 Å². The molecule has 19 heavy (non-hydrogen) atoms. The lowest BCUT2D eigenvalue weighted by Gasteiger charge is -1.97. The molecule has 1 aromatic carbocycles. The number of halogens is 1. The quantitative estimate of drug-likeness (QED) is 0.732. The largest absolute Gasteiger partial charge is 0.366 e. The molecule has 0 spiro atoms. The summed E-state index contributed by atoms with van der Waals surface area (Å²) in [5.74, 6) is 0.581. The Kier molecular flexibility index (Phi) is 2.67. The Labute approximate surface area is 106 Å². The maximum atomic E-state index is 13.5. The number of hydrogen-bond donors (Lipinski definition) is 2. The molecule has 0 saturated heterocycles. The number of hydrogen-bond acceptors (Lipinski definition) is 6. The van der Waals surface area contributed by atoms with E-state index < -0.39 is 0 Å².